The molecule has 4 nitrogen and oxygen atoms in total. The number of carbonyl (C=O) groups excluding carboxylic acids is 1. The number of carbonyl (C=O) groups is 1. The Hall–Kier alpha value is -2.13. The second kappa shape index (κ2) is 7.95. The van der Waals surface area contributed by atoms with Crippen molar-refractivity contribution >= 4 is 29.6 Å². The molecule has 0 heterocycles. The first-order valence-corrected chi connectivity index (χ1v) is 14.0. The van der Waals surface area contributed by atoms with Gasteiger partial charge in [0.1, 0.15) is 5.78 Å². The quantitative estimate of drug-likeness (QED) is 0.611. The highest BCUT2D eigenvalue weighted by Crippen LogP contribution is 2.40. The number of halogens is 3. The van der Waals surface area contributed by atoms with Crippen LogP contribution in [0.1, 0.15) is 29.2 Å². The van der Waals surface area contributed by atoms with E-state index in [4.69, 9.17) is 0 Å². The Kier molecular flexibility index (Phi) is 6.34. The minimum absolute atomic E-state index is 0.0161. The van der Waals surface area contributed by atoms with Gasteiger partial charge in [0, 0.05) is 5.54 Å². The molecule has 1 unspecified atom stereocenters. The van der Waals surface area contributed by atoms with Crippen molar-refractivity contribution in [2.45, 2.75) is 50.1 Å². The average molecular weight is 444 g/mol. The smallest absolute Gasteiger partial charge is 0.300 e. The number of ketones is 1. The molecule has 0 aliphatic carbocycles. The van der Waals surface area contributed by atoms with Crippen molar-refractivity contribution in [3.8, 4) is 0 Å². The fourth-order valence-electron chi connectivity index (χ4n) is 3.43. The molecule has 0 aliphatic rings. The van der Waals surface area contributed by atoms with Crippen LogP contribution in [0.3, 0.4) is 0 Å². The summed E-state index contributed by atoms with van der Waals surface area (Å²) in [5, 5.41) is 0. The molecular weight excluding hydrogens is 419 g/mol. The van der Waals surface area contributed by atoms with Crippen LogP contribution in [0.15, 0.2) is 47.4 Å². The van der Waals surface area contributed by atoms with Gasteiger partial charge in [-0.15, -0.1) is 0 Å². The third-order valence-electron chi connectivity index (χ3n) is 4.57. The molecule has 0 aliphatic heterocycles. The Labute approximate surface area is 170 Å². The summed E-state index contributed by atoms with van der Waals surface area (Å²) in [4.78, 5) is 12.4. The molecule has 2 rings (SSSR count). The number of sulfonamides is 1. The number of hydrogen-bond acceptors (Lipinski definition) is 3. The van der Waals surface area contributed by atoms with E-state index in [0.717, 1.165) is 12.1 Å². The zero-order valence-corrected chi connectivity index (χ0v) is 18.7. The molecular formula is C20H24F3NO3SSi. The van der Waals surface area contributed by atoms with E-state index in [-0.39, 0.29) is 27.5 Å². The number of alkyl halides is 3. The molecule has 0 aromatic heterocycles. The van der Waals surface area contributed by atoms with Crippen molar-refractivity contribution in [2.75, 3.05) is 4.72 Å². The summed E-state index contributed by atoms with van der Waals surface area (Å²) in [5.74, 6) is -0.289. The lowest BCUT2D eigenvalue weighted by Crippen LogP contribution is -2.36. The van der Waals surface area contributed by atoms with E-state index in [0.29, 0.717) is 0 Å². The lowest BCUT2D eigenvalue weighted by atomic mass is 9.99. The van der Waals surface area contributed by atoms with Crippen LogP contribution in [0.2, 0.25) is 19.6 Å². The lowest BCUT2D eigenvalue weighted by molar-refractivity contribution is -0.137. The van der Waals surface area contributed by atoms with Gasteiger partial charge in [0.2, 0.25) is 0 Å². The Morgan fingerprint density at radius 3 is 2.07 bits per heavy atom. The monoisotopic (exact) mass is 443 g/mol. The molecule has 2 aromatic carbocycles. The maximum Gasteiger partial charge on any atom is 0.416 e. The zero-order valence-electron chi connectivity index (χ0n) is 16.9. The molecule has 29 heavy (non-hydrogen) atoms. The van der Waals surface area contributed by atoms with E-state index in [1.807, 2.05) is 19.6 Å². The van der Waals surface area contributed by atoms with Crippen LogP contribution in [-0.4, -0.2) is 22.3 Å². The molecule has 158 valence electrons. The second-order valence-corrected chi connectivity index (χ2v) is 15.1. The van der Waals surface area contributed by atoms with Gasteiger partial charge in [0.05, 0.1) is 24.2 Å². The van der Waals surface area contributed by atoms with E-state index in [2.05, 4.69) is 4.72 Å². The van der Waals surface area contributed by atoms with Crippen molar-refractivity contribution in [1.29, 1.82) is 0 Å². The standard InChI is InChI=1S/C20H24F3NO3SSi/c1-13-11-15(20(21,22)23)12-17(19(14(2)25)29(3,4)5)18(13)24-28(26,27)16-9-7-6-8-10-16/h6-12,19,24H,1-5H3. The SMILES string of the molecule is CC(=O)C(c1cc(C(F)(F)F)cc(C)c1NS(=O)(=O)c1ccccc1)[Si](C)(C)C. The second-order valence-electron chi connectivity index (χ2n) is 8.08. The van der Waals surface area contributed by atoms with Crippen LogP contribution in [0.25, 0.3) is 0 Å². The van der Waals surface area contributed by atoms with Gasteiger partial charge in [-0.05, 0) is 49.2 Å². The molecule has 1 N–H and O–H groups in total. The summed E-state index contributed by atoms with van der Waals surface area (Å²) in [6.45, 7) is 8.33. The van der Waals surface area contributed by atoms with Crippen LogP contribution < -0.4 is 4.72 Å². The summed E-state index contributed by atoms with van der Waals surface area (Å²) in [7, 11) is -6.37. The van der Waals surface area contributed by atoms with Gasteiger partial charge in [-0.2, -0.15) is 13.2 Å². The molecule has 0 saturated carbocycles. The average Bonchev–Trinajstić information content (AvgIpc) is 2.56. The molecule has 0 fully saturated rings. The summed E-state index contributed by atoms with van der Waals surface area (Å²) in [6.07, 6.45) is -4.61. The number of rotatable bonds is 6. The normalized spacial score (nSPS) is 13.8. The number of Topliss-reactive ketones (excluding diaryl/α,β-unsaturated/α-hetero) is 1. The van der Waals surface area contributed by atoms with Gasteiger partial charge in [-0.3, -0.25) is 9.52 Å². The van der Waals surface area contributed by atoms with Crippen LogP contribution in [0.5, 0.6) is 0 Å². The summed E-state index contributed by atoms with van der Waals surface area (Å²) < 4.78 is 68.4. The maximum atomic E-state index is 13.4. The summed E-state index contributed by atoms with van der Waals surface area (Å²) >= 11 is 0. The Morgan fingerprint density at radius 1 is 1.07 bits per heavy atom. The van der Waals surface area contributed by atoms with Crippen molar-refractivity contribution in [2.24, 2.45) is 0 Å². The van der Waals surface area contributed by atoms with E-state index < -0.39 is 35.4 Å². The Bertz CT molecular complexity index is 1010. The number of nitrogens with one attached hydrogen (secondary N) is 1. The van der Waals surface area contributed by atoms with E-state index in [9.17, 15) is 26.4 Å². The zero-order chi connectivity index (χ0) is 22.2. The highest BCUT2D eigenvalue weighted by atomic mass is 32.2. The highest BCUT2D eigenvalue weighted by molar-refractivity contribution is 7.92. The number of benzene rings is 2. The third-order valence-corrected chi connectivity index (χ3v) is 8.38. The Balaban J connectivity index is 2.76. The van der Waals surface area contributed by atoms with Gasteiger partial charge >= 0.3 is 6.18 Å². The molecule has 2 aromatic rings. The number of aryl methyl sites for hydroxylation is 1. The largest absolute Gasteiger partial charge is 0.416 e. The van der Waals surface area contributed by atoms with Crippen LogP contribution in [0, 0.1) is 6.92 Å². The number of hydrogen-bond donors (Lipinski definition) is 1. The third kappa shape index (κ3) is 5.27. The van der Waals surface area contributed by atoms with Gasteiger partial charge in [-0.25, -0.2) is 8.42 Å². The fraction of sp³-hybridized carbons (Fsp3) is 0.350. The first kappa shape index (κ1) is 23.1. The Morgan fingerprint density at radius 2 is 1.62 bits per heavy atom. The number of anilines is 1. The van der Waals surface area contributed by atoms with E-state index in [1.54, 1.807) is 18.2 Å². The summed E-state index contributed by atoms with van der Waals surface area (Å²) in [6, 6.07) is 9.34. The fourth-order valence-corrected chi connectivity index (χ4v) is 6.99. The molecule has 0 amide bonds. The van der Waals surface area contributed by atoms with Crippen LogP contribution in [0.4, 0.5) is 18.9 Å². The van der Waals surface area contributed by atoms with Gasteiger partial charge in [-0.1, -0.05) is 37.8 Å². The minimum Gasteiger partial charge on any atom is -0.300 e. The molecule has 0 spiro atoms. The van der Waals surface area contributed by atoms with E-state index >= 15 is 0 Å². The predicted octanol–water partition coefficient (Wildman–Crippen LogP) is 5.36. The first-order valence-electron chi connectivity index (χ1n) is 8.94. The maximum absolute atomic E-state index is 13.4. The van der Waals surface area contributed by atoms with Gasteiger partial charge in [0.25, 0.3) is 10.0 Å². The van der Waals surface area contributed by atoms with Crippen molar-refractivity contribution in [3.63, 3.8) is 0 Å². The molecule has 0 saturated heterocycles. The van der Waals surface area contributed by atoms with Gasteiger partial charge in [0.15, 0.2) is 0 Å². The van der Waals surface area contributed by atoms with Crippen molar-refractivity contribution < 1.29 is 26.4 Å². The summed E-state index contributed by atoms with van der Waals surface area (Å²) in [5.41, 5.74) is -1.49. The molecule has 0 bridgehead atoms. The van der Waals surface area contributed by atoms with Crippen LogP contribution in [-0.2, 0) is 21.0 Å². The molecule has 1 atom stereocenters. The topological polar surface area (TPSA) is 63.2 Å². The lowest BCUT2D eigenvalue weighted by Gasteiger charge is -2.30. The van der Waals surface area contributed by atoms with Crippen molar-refractivity contribution in [3.05, 3.63) is 59.2 Å². The minimum atomic E-state index is -4.61. The molecule has 0 radical (unpaired) electrons. The van der Waals surface area contributed by atoms with Crippen molar-refractivity contribution in [1.82, 2.24) is 0 Å². The first-order chi connectivity index (χ1) is 13.1. The van der Waals surface area contributed by atoms with E-state index in [1.165, 1.54) is 26.0 Å². The van der Waals surface area contributed by atoms with Crippen LogP contribution >= 0.6 is 0 Å². The highest BCUT2D eigenvalue weighted by Gasteiger charge is 2.38. The van der Waals surface area contributed by atoms with Gasteiger partial charge < -0.3 is 0 Å². The predicted molar refractivity (Wildman–Crippen MR) is 110 cm³/mol. The molecule has 9 heteroatoms.